The third-order valence-corrected chi connectivity index (χ3v) is 10.9. The summed E-state index contributed by atoms with van der Waals surface area (Å²) in [5.41, 5.74) is 12.8. The van der Waals surface area contributed by atoms with Gasteiger partial charge in [-0.15, -0.1) is 0 Å². The molecule has 0 radical (unpaired) electrons. The Kier molecular flexibility index (Phi) is 7.08. The van der Waals surface area contributed by atoms with Crippen LogP contribution in [0.1, 0.15) is 39.0 Å². The van der Waals surface area contributed by atoms with Gasteiger partial charge in [-0.25, -0.2) is 4.98 Å². The molecule has 222 valence electrons. The largest absolute Gasteiger partial charge is 0.486 e. The fraction of sp³-hybridized carbons (Fsp3) is 0.690. The normalized spacial score (nSPS) is 28.6. The molecule has 4 atom stereocenters. The van der Waals surface area contributed by atoms with Crippen molar-refractivity contribution >= 4 is 29.3 Å². The van der Waals surface area contributed by atoms with Crippen LogP contribution in [0.5, 0.6) is 5.75 Å². The van der Waals surface area contributed by atoms with Crippen LogP contribution in [0, 0.1) is 17.3 Å². The van der Waals surface area contributed by atoms with E-state index in [4.69, 9.17) is 30.7 Å². The highest BCUT2D eigenvalue weighted by atomic mass is 32.2. The predicted molar refractivity (Wildman–Crippen MR) is 158 cm³/mol. The Hall–Kier alpha value is -2.54. The van der Waals surface area contributed by atoms with Crippen molar-refractivity contribution in [3.05, 3.63) is 22.6 Å². The highest BCUT2D eigenvalue weighted by Gasteiger charge is 2.48. The zero-order chi connectivity index (χ0) is 28.3. The molecule has 0 aromatic carbocycles. The van der Waals surface area contributed by atoms with Gasteiger partial charge in [-0.2, -0.15) is 4.98 Å². The van der Waals surface area contributed by atoms with E-state index in [-0.39, 0.29) is 28.9 Å². The second-order valence-electron chi connectivity index (χ2n) is 12.6. The molecule has 4 fully saturated rings. The topological polar surface area (TPSA) is 134 Å². The smallest absolute Gasteiger partial charge is 0.270 e. The summed E-state index contributed by atoms with van der Waals surface area (Å²) in [6, 6.07) is 2.21. The van der Waals surface area contributed by atoms with Gasteiger partial charge in [0.1, 0.15) is 17.3 Å². The van der Waals surface area contributed by atoms with E-state index in [2.05, 4.69) is 14.8 Å². The minimum atomic E-state index is -0.166. The lowest BCUT2D eigenvalue weighted by Crippen LogP contribution is -2.51. The Labute approximate surface area is 244 Å². The first-order chi connectivity index (χ1) is 19.8. The lowest BCUT2D eigenvalue weighted by atomic mass is 9.73. The molecule has 2 aromatic rings. The minimum absolute atomic E-state index is 0.00541. The highest BCUT2D eigenvalue weighted by molar-refractivity contribution is 7.99. The van der Waals surface area contributed by atoms with E-state index < -0.39 is 0 Å². The van der Waals surface area contributed by atoms with E-state index in [0.717, 1.165) is 68.7 Å². The zero-order valence-corrected chi connectivity index (χ0v) is 24.8. The van der Waals surface area contributed by atoms with Gasteiger partial charge >= 0.3 is 0 Å². The summed E-state index contributed by atoms with van der Waals surface area (Å²) in [5, 5.41) is 0. The average molecular weight is 584 g/mol. The van der Waals surface area contributed by atoms with Crippen molar-refractivity contribution in [1.82, 2.24) is 14.5 Å². The number of anilines is 3. The number of nitrogens with two attached hydrogens (primary N) is 2. The van der Waals surface area contributed by atoms with Crippen molar-refractivity contribution in [2.24, 2.45) is 30.0 Å². The monoisotopic (exact) mass is 583 g/mol. The number of hydrogen-bond acceptors (Lipinski definition) is 11. The second kappa shape index (κ2) is 10.6. The summed E-state index contributed by atoms with van der Waals surface area (Å²) >= 11 is 1.31. The molecule has 7 rings (SSSR count). The molecule has 3 saturated heterocycles. The summed E-state index contributed by atoms with van der Waals surface area (Å²) in [7, 11) is 1.77. The van der Waals surface area contributed by atoms with Crippen LogP contribution in [0.3, 0.4) is 0 Å². The molecule has 4 aliphatic heterocycles. The Bertz CT molecular complexity index is 1360. The number of aromatic nitrogens is 3. The molecule has 5 aliphatic rings. The van der Waals surface area contributed by atoms with E-state index in [9.17, 15) is 4.79 Å². The first-order valence-electron chi connectivity index (χ1n) is 15.0. The van der Waals surface area contributed by atoms with Crippen molar-refractivity contribution in [3.8, 4) is 5.75 Å². The Morgan fingerprint density at radius 2 is 2.00 bits per heavy atom. The summed E-state index contributed by atoms with van der Waals surface area (Å²) in [5.74, 6) is 3.61. The van der Waals surface area contributed by atoms with E-state index in [1.165, 1.54) is 24.6 Å². The van der Waals surface area contributed by atoms with Crippen LogP contribution in [0.2, 0.25) is 0 Å². The molecular formula is C29H41N7O4S. The van der Waals surface area contributed by atoms with Crippen LogP contribution < -0.4 is 31.6 Å². The molecule has 2 aromatic heterocycles. The summed E-state index contributed by atoms with van der Waals surface area (Å²) in [6.45, 7) is 7.42. The molecule has 4 N–H and O–H groups in total. The van der Waals surface area contributed by atoms with Crippen molar-refractivity contribution in [2.75, 3.05) is 61.6 Å². The number of fused-ring (bicyclic) bond motifs is 3. The van der Waals surface area contributed by atoms with Crippen molar-refractivity contribution < 1.29 is 14.2 Å². The van der Waals surface area contributed by atoms with E-state index in [1.807, 2.05) is 13.0 Å². The van der Waals surface area contributed by atoms with Gasteiger partial charge in [0.05, 0.1) is 30.3 Å². The fourth-order valence-corrected chi connectivity index (χ4v) is 7.92. The molecule has 1 spiro atoms. The molecule has 0 amide bonds. The van der Waals surface area contributed by atoms with Gasteiger partial charge in [-0.3, -0.25) is 9.36 Å². The Morgan fingerprint density at radius 3 is 2.73 bits per heavy atom. The van der Waals surface area contributed by atoms with Gasteiger partial charge in [0.15, 0.2) is 11.6 Å². The summed E-state index contributed by atoms with van der Waals surface area (Å²) < 4.78 is 19.7. The molecule has 0 bridgehead atoms. The first-order valence-corrected chi connectivity index (χ1v) is 15.8. The number of pyridine rings is 1. The average Bonchev–Trinajstić information content (AvgIpc) is 3.65. The van der Waals surface area contributed by atoms with Crippen LogP contribution >= 0.6 is 11.8 Å². The van der Waals surface area contributed by atoms with Crippen molar-refractivity contribution in [3.63, 3.8) is 0 Å². The van der Waals surface area contributed by atoms with E-state index >= 15 is 0 Å². The van der Waals surface area contributed by atoms with Crippen LogP contribution in [-0.2, 0) is 16.5 Å². The number of rotatable bonds is 7. The maximum Gasteiger partial charge on any atom is 0.270 e. The van der Waals surface area contributed by atoms with Gasteiger partial charge in [0.2, 0.25) is 5.95 Å². The van der Waals surface area contributed by atoms with Gasteiger partial charge < -0.3 is 35.5 Å². The van der Waals surface area contributed by atoms with Gasteiger partial charge in [-0.05, 0) is 51.0 Å². The lowest BCUT2D eigenvalue weighted by Gasteiger charge is -2.41. The third-order valence-electron chi connectivity index (χ3n) is 9.80. The molecule has 1 aliphatic carbocycles. The number of nitrogen functional groups attached to an aromatic ring is 1. The quantitative estimate of drug-likeness (QED) is 0.497. The Morgan fingerprint density at radius 1 is 1.22 bits per heavy atom. The number of piperidine rings is 1. The standard InChI is InChI=1S/C29H41N7O4S/c1-17-24(30)29(16-40-17)6-9-35(10-7-29)28-33-25(31)23(27(37)34(28)2)41-21-5-8-32-26-22(21)39-15-20-11-19(12-36(20)26)14-38-13-18-3-4-18/h5,8,17-20,24H,3-4,6-7,9-16,30-31H2,1-2H3/t17-,19-,20-,24+/m0/s1. The molecule has 12 heteroatoms. The zero-order valence-electron chi connectivity index (χ0n) is 24.0. The number of nitrogens with zero attached hydrogens (tertiary/aromatic N) is 5. The van der Waals surface area contributed by atoms with Crippen LogP contribution in [0.4, 0.5) is 17.6 Å². The molecular weight excluding hydrogens is 542 g/mol. The minimum Gasteiger partial charge on any atom is -0.486 e. The maximum atomic E-state index is 13.6. The third kappa shape index (κ3) is 4.96. The maximum absolute atomic E-state index is 13.6. The molecule has 1 saturated carbocycles. The number of ether oxygens (including phenoxy) is 3. The van der Waals surface area contributed by atoms with E-state index in [1.54, 1.807) is 17.8 Å². The van der Waals surface area contributed by atoms with Crippen molar-refractivity contribution in [2.45, 2.75) is 67.0 Å². The van der Waals surface area contributed by atoms with Crippen LogP contribution in [0.25, 0.3) is 0 Å². The van der Waals surface area contributed by atoms with Gasteiger partial charge in [0, 0.05) is 56.9 Å². The van der Waals surface area contributed by atoms with Gasteiger partial charge in [-0.1, -0.05) is 11.8 Å². The van der Waals surface area contributed by atoms with Crippen LogP contribution in [0.15, 0.2) is 26.8 Å². The summed E-state index contributed by atoms with van der Waals surface area (Å²) in [4.78, 5) is 28.7. The molecule has 6 heterocycles. The summed E-state index contributed by atoms with van der Waals surface area (Å²) in [6.07, 6.45) is 7.31. The number of hydrogen-bond donors (Lipinski definition) is 2. The van der Waals surface area contributed by atoms with Crippen LogP contribution in [-0.4, -0.2) is 78.8 Å². The second-order valence-corrected chi connectivity index (χ2v) is 13.7. The van der Waals surface area contributed by atoms with Crippen molar-refractivity contribution in [1.29, 1.82) is 0 Å². The molecule has 41 heavy (non-hydrogen) atoms. The molecule has 0 unspecified atom stereocenters. The lowest BCUT2D eigenvalue weighted by molar-refractivity contribution is 0.0956. The van der Waals surface area contributed by atoms with Gasteiger partial charge in [0.25, 0.3) is 5.56 Å². The molecule has 11 nitrogen and oxygen atoms in total. The fourth-order valence-electron chi connectivity index (χ4n) is 6.96. The SMILES string of the molecule is C[C@@H]1OCC2(CCN(c3nc(N)c(Sc4ccnc5c4OC[C@@H]4C[C@H](COCC6CC6)CN54)c(=O)n3C)CC2)[C@@H]1N. The first kappa shape index (κ1) is 27.3. The predicted octanol–water partition coefficient (Wildman–Crippen LogP) is 2.26. The highest BCUT2D eigenvalue weighted by Crippen LogP contribution is 2.46. The van der Waals surface area contributed by atoms with E-state index in [0.29, 0.717) is 41.8 Å². The Balaban J connectivity index is 1.07.